The minimum Gasteiger partial charge on any atom is -0.378 e. The van der Waals surface area contributed by atoms with Crippen LogP contribution in [0.5, 0.6) is 0 Å². The summed E-state index contributed by atoms with van der Waals surface area (Å²) in [4.78, 5) is 12.0. The molecule has 1 aromatic carbocycles. The molecule has 0 radical (unpaired) electrons. The predicted molar refractivity (Wildman–Crippen MR) is 85.3 cm³/mol. The smallest absolute Gasteiger partial charge is 0.223 e. The van der Waals surface area contributed by atoms with Gasteiger partial charge in [0.2, 0.25) is 5.91 Å². The van der Waals surface area contributed by atoms with E-state index in [9.17, 15) is 4.79 Å². The average Bonchev–Trinajstić information content (AvgIpc) is 2.90. The molecule has 0 bridgehead atoms. The number of hydrogen-bond acceptors (Lipinski definition) is 2. The first-order valence-electron chi connectivity index (χ1n) is 7.87. The zero-order valence-electron chi connectivity index (χ0n) is 13.6. The molecular weight excluding hydrogens is 262 g/mol. The molecule has 0 aromatic heterocycles. The van der Waals surface area contributed by atoms with Gasteiger partial charge in [-0.2, -0.15) is 0 Å². The first kappa shape index (κ1) is 16.0. The van der Waals surface area contributed by atoms with E-state index < -0.39 is 0 Å². The lowest BCUT2D eigenvalue weighted by Crippen LogP contribution is -2.29. The van der Waals surface area contributed by atoms with Crippen LogP contribution >= 0.6 is 0 Å². The van der Waals surface area contributed by atoms with Crippen molar-refractivity contribution in [2.45, 2.75) is 64.5 Å². The Morgan fingerprint density at radius 3 is 2.52 bits per heavy atom. The molecule has 21 heavy (non-hydrogen) atoms. The van der Waals surface area contributed by atoms with Gasteiger partial charge >= 0.3 is 0 Å². The number of hydrogen-bond donors (Lipinski definition) is 1. The van der Waals surface area contributed by atoms with E-state index >= 15 is 0 Å². The zero-order valence-corrected chi connectivity index (χ0v) is 13.6. The lowest BCUT2D eigenvalue weighted by atomic mass is 9.86. The Morgan fingerprint density at radius 2 is 2.00 bits per heavy atom. The molecule has 2 atom stereocenters. The van der Waals surface area contributed by atoms with Crippen molar-refractivity contribution >= 4 is 5.91 Å². The Bertz CT molecular complexity index is 467. The van der Waals surface area contributed by atoms with E-state index in [1.807, 2.05) is 6.92 Å². The van der Waals surface area contributed by atoms with Crippen molar-refractivity contribution in [3.8, 4) is 0 Å². The Kier molecular flexibility index (Phi) is 5.04. The van der Waals surface area contributed by atoms with Crippen LogP contribution in [0.1, 0.15) is 64.1 Å². The van der Waals surface area contributed by atoms with Gasteiger partial charge in [-0.15, -0.1) is 0 Å². The fraction of sp³-hybridized carbons (Fsp3) is 0.611. The summed E-state index contributed by atoms with van der Waals surface area (Å²) in [5, 5.41) is 3.06. The summed E-state index contributed by atoms with van der Waals surface area (Å²) in [5.41, 5.74) is 2.61. The fourth-order valence-corrected chi connectivity index (χ4v) is 2.67. The first-order valence-corrected chi connectivity index (χ1v) is 7.87. The van der Waals surface area contributed by atoms with E-state index in [1.54, 1.807) is 0 Å². The van der Waals surface area contributed by atoms with Gasteiger partial charge in [-0.1, -0.05) is 45.0 Å². The highest BCUT2D eigenvalue weighted by Gasteiger charge is 2.20. The molecule has 116 valence electrons. The lowest BCUT2D eigenvalue weighted by molar-refractivity contribution is -0.123. The number of nitrogens with one attached hydrogen (secondary N) is 1. The van der Waals surface area contributed by atoms with E-state index in [4.69, 9.17) is 4.74 Å². The summed E-state index contributed by atoms with van der Waals surface area (Å²) >= 11 is 0. The van der Waals surface area contributed by atoms with Crippen LogP contribution in [0.4, 0.5) is 0 Å². The van der Waals surface area contributed by atoms with E-state index in [1.165, 1.54) is 5.56 Å². The van der Waals surface area contributed by atoms with Crippen molar-refractivity contribution in [2.24, 2.45) is 0 Å². The molecule has 2 rings (SSSR count). The Balaban J connectivity index is 1.90. The molecule has 0 spiro atoms. The van der Waals surface area contributed by atoms with Crippen LogP contribution in [0.3, 0.4) is 0 Å². The maximum absolute atomic E-state index is 12.0. The molecule has 1 aromatic rings. The SMILES string of the molecule is CC(NC(=O)CC1CCCO1)c1ccc(C(C)(C)C)cc1. The molecule has 1 aliphatic heterocycles. The van der Waals surface area contributed by atoms with Crippen LogP contribution in [0.15, 0.2) is 24.3 Å². The summed E-state index contributed by atoms with van der Waals surface area (Å²) in [6.07, 6.45) is 2.66. The lowest BCUT2D eigenvalue weighted by Gasteiger charge is -2.21. The minimum absolute atomic E-state index is 0.0351. The molecule has 1 amide bonds. The summed E-state index contributed by atoms with van der Waals surface area (Å²) < 4.78 is 5.50. The van der Waals surface area contributed by atoms with Gasteiger partial charge in [-0.3, -0.25) is 4.79 Å². The Labute approximate surface area is 128 Å². The quantitative estimate of drug-likeness (QED) is 0.917. The normalized spacial score (nSPS) is 20.3. The van der Waals surface area contributed by atoms with Crippen LogP contribution in [0.25, 0.3) is 0 Å². The standard InChI is InChI=1S/C18H27NO2/c1-13(19-17(20)12-16-6-5-11-21-16)14-7-9-15(10-8-14)18(2,3)4/h7-10,13,16H,5-6,11-12H2,1-4H3,(H,19,20). The number of carbonyl (C=O) groups is 1. The molecule has 1 saturated heterocycles. The molecule has 1 aliphatic rings. The summed E-state index contributed by atoms with van der Waals surface area (Å²) in [6, 6.07) is 8.55. The van der Waals surface area contributed by atoms with Gasteiger partial charge in [0.15, 0.2) is 0 Å². The molecule has 1 fully saturated rings. The van der Waals surface area contributed by atoms with Gasteiger partial charge in [0.05, 0.1) is 18.6 Å². The Hall–Kier alpha value is -1.35. The van der Waals surface area contributed by atoms with Crippen molar-refractivity contribution in [3.05, 3.63) is 35.4 Å². The number of amides is 1. The van der Waals surface area contributed by atoms with Gasteiger partial charge in [-0.05, 0) is 36.3 Å². The topological polar surface area (TPSA) is 38.3 Å². The van der Waals surface area contributed by atoms with Crippen LogP contribution in [-0.4, -0.2) is 18.6 Å². The van der Waals surface area contributed by atoms with Gasteiger partial charge in [-0.25, -0.2) is 0 Å². The maximum Gasteiger partial charge on any atom is 0.223 e. The predicted octanol–water partition coefficient (Wildman–Crippen LogP) is 3.73. The third kappa shape index (κ3) is 4.57. The molecule has 3 heteroatoms. The zero-order chi connectivity index (χ0) is 15.5. The second-order valence-electron chi connectivity index (χ2n) is 7.00. The van der Waals surface area contributed by atoms with Gasteiger partial charge < -0.3 is 10.1 Å². The summed E-state index contributed by atoms with van der Waals surface area (Å²) in [7, 11) is 0. The van der Waals surface area contributed by atoms with Crippen molar-refractivity contribution in [1.82, 2.24) is 5.32 Å². The largest absolute Gasteiger partial charge is 0.378 e. The molecule has 2 unspecified atom stereocenters. The number of rotatable bonds is 4. The third-order valence-corrected chi connectivity index (χ3v) is 4.09. The second kappa shape index (κ2) is 6.61. The summed E-state index contributed by atoms with van der Waals surface area (Å²) in [6.45, 7) is 9.43. The fourth-order valence-electron chi connectivity index (χ4n) is 2.67. The highest BCUT2D eigenvalue weighted by molar-refractivity contribution is 5.77. The van der Waals surface area contributed by atoms with E-state index in [0.717, 1.165) is 25.0 Å². The molecule has 1 heterocycles. The monoisotopic (exact) mass is 289 g/mol. The minimum atomic E-state index is 0.0351. The van der Waals surface area contributed by atoms with Crippen molar-refractivity contribution < 1.29 is 9.53 Å². The average molecular weight is 289 g/mol. The third-order valence-electron chi connectivity index (χ3n) is 4.09. The molecule has 3 nitrogen and oxygen atoms in total. The van der Waals surface area contributed by atoms with Gasteiger partial charge in [0.25, 0.3) is 0 Å². The van der Waals surface area contributed by atoms with Crippen molar-refractivity contribution in [3.63, 3.8) is 0 Å². The highest BCUT2D eigenvalue weighted by atomic mass is 16.5. The van der Waals surface area contributed by atoms with Crippen LogP contribution in [-0.2, 0) is 14.9 Å². The van der Waals surface area contributed by atoms with Crippen LogP contribution in [0.2, 0.25) is 0 Å². The second-order valence-corrected chi connectivity index (χ2v) is 7.00. The van der Waals surface area contributed by atoms with E-state index in [-0.39, 0.29) is 23.5 Å². The Morgan fingerprint density at radius 1 is 1.33 bits per heavy atom. The highest BCUT2D eigenvalue weighted by Crippen LogP contribution is 2.24. The van der Waals surface area contributed by atoms with Gasteiger partial charge in [0, 0.05) is 6.61 Å². The molecule has 0 saturated carbocycles. The van der Waals surface area contributed by atoms with E-state index in [0.29, 0.717) is 6.42 Å². The van der Waals surface area contributed by atoms with Crippen LogP contribution < -0.4 is 5.32 Å². The van der Waals surface area contributed by atoms with E-state index in [2.05, 4.69) is 50.4 Å². The number of carbonyl (C=O) groups excluding carboxylic acids is 1. The molecule has 0 aliphatic carbocycles. The van der Waals surface area contributed by atoms with Crippen LogP contribution in [0, 0.1) is 0 Å². The molecule has 1 N–H and O–H groups in total. The maximum atomic E-state index is 12.0. The van der Waals surface area contributed by atoms with Crippen molar-refractivity contribution in [1.29, 1.82) is 0 Å². The molecular formula is C18H27NO2. The van der Waals surface area contributed by atoms with Crippen molar-refractivity contribution in [2.75, 3.05) is 6.61 Å². The number of benzene rings is 1. The van der Waals surface area contributed by atoms with Gasteiger partial charge in [0.1, 0.15) is 0 Å². The first-order chi connectivity index (χ1) is 9.86. The number of ether oxygens (including phenoxy) is 1. The summed E-state index contributed by atoms with van der Waals surface area (Å²) in [5.74, 6) is 0.0781.